The average molecular weight is 464 g/mol. The minimum absolute atomic E-state index is 0.00306. The molecule has 1 amide bonds. The Labute approximate surface area is 176 Å². The number of rotatable bonds is 7. The molecule has 1 saturated heterocycles. The molecular formula is C18H20F3N3O4S2. The van der Waals surface area contributed by atoms with Crippen LogP contribution in [0.4, 0.5) is 13.2 Å². The molecule has 1 aromatic heterocycles. The molecule has 0 radical (unpaired) electrons. The number of carbonyl (C=O) groups excluding carboxylic acids is 1. The van der Waals surface area contributed by atoms with Gasteiger partial charge in [0.25, 0.3) is 5.91 Å². The minimum Gasteiger partial charge on any atom is -0.406 e. The first kappa shape index (κ1) is 22.5. The number of halogens is 3. The second-order valence-electron chi connectivity index (χ2n) is 6.53. The van der Waals surface area contributed by atoms with Gasteiger partial charge in [-0.25, -0.2) is 13.1 Å². The number of carbonyl (C=O) groups is 1. The van der Waals surface area contributed by atoms with E-state index in [1.807, 2.05) is 16.3 Å². The van der Waals surface area contributed by atoms with E-state index >= 15 is 0 Å². The van der Waals surface area contributed by atoms with Crippen molar-refractivity contribution in [2.45, 2.75) is 11.3 Å². The number of hydrogen-bond donors (Lipinski definition) is 1. The zero-order valence-electron chi connectivity index (χ0n) is 15.8. The molecule has 0 atom stereocenters. The molecule has 0 bridgehead atoms. The highest BCUT2D eigenvalue weighted by Gasteiger charge is 2.31. The van der Waals surface area contributed by atoms with Gasteiger partial charge in [-0.2, -0.15) is 0 Å². The number of benzene rings is 1. The second kappa shape index (κ2) is 9.33. The van der Waals surface area contributed by atoms with E-state index in [2.05, 4.69) is 9.46 Å². The summed E-state index contributed by atoms with van der Waals surface area (Å²) < 4.78 is 67.3. The molecule has 2 heterocycles. The summed E-state index contributed by atoms with van der Waals surface area (Å²) in [5.41, 5.74) is 0. The predicted molar refractivity (Wildman–Crippen MR) is 105 cm³/mol. The molecule has 30 heavy (non-hydrogen) atoms. The summed E-state index contributed by atoms with van der Waals surface area (Å²) in [6.07, 6.45) is -4.84. The van der Waals surface area contributed by atoms with Crippen LogP contribution in [0.15, 0.2) is 46.7 Å². The van der Waals surface area contributed by atoms with Crippen molar-refractivity contribution in [3.63, 3.8) is 0 Å². The van der Waals surface area contributed by atoms with Crippen molar-refractivity contribution in [3.05, 3.63) is 46.7 Å². The summed E-state index contributed by atoms with van der Waals surface area (Å²) in [5, 5.41) is 1.85. The number of thiophene rings is 1. The normalized spacial score (nSPS) is 15.9. The van der Waals surface area contributed by atoms with Crippen LogP contribution >= 0.6 is 11.3 Å². The molecule has 0 aliphatic carbocycles. The molecule has 12 heteroatoms. The lowest BCUT2D eigenvalue weighted by Crippen LogP contribution is -2.50. The topological polar surface area (TPSA) is 79.0 Å². The Morgan fingerprint density at radius 3 is 2.33 bits per heavy atom. The van der Waals surface area contributed by atoms with Crippen molar-refractivity contribution < 1.29 is 31.1 Å². The number of ether oxygens (including phenoxy) is 1. The molecule has 0 unspecified atom stereocenters. The minimum atomic E-state index is -4.84. The third-order valence-electron chi connectivity index (χ3n) is 4.48. The van der Waals surface area contributed by atoms with Gasteiger partial charge in [0.15, 0.2) is 0 Å². The Kier molecular flexibility index (Phi) is 7.01. The van der Waals surface area contributed by atoms with Crippen LogP contribution in [0.25, 0.3) is 0 Å². The average Bonchev–Trinajstić information content (AvgIpc) is 3.22. The van der Waals surface area contributed by atoms with Crippen LogP contribution in [-0.2, 0) is 10.0 Å². The SMILES string of the molecule is O=C(c1cccs1)N1CCN(CCNS(=O)(=O)c2ccc(OC(F)(F)F)cc2)CC1. The first-order valence-corrected chi connectivity index (χ1v) is 11.4. The van der Waals surface area contributed by atoms with Gasteiger partial charge in [-0.1, -0.05) is 6.07 Å². The van der Waals surface area contributed by atoms with Crippen LogP contribution in [0.1, 0.15) is 9.67 Å². The zero-order valence-corrected chi connectivity index (χ0v) is 17.4. The highest BCUT2D eigenvalue weighted by atomic mass is 32.2. The van der Waals surface area contributed by atoms with E-state index in [1.54, 1.807) is 11.0 Å². The first-order valence-electron chi connectivity index (χ1n) is 9.05. The van der Waals surface area contributed by atoms with Crippen molar-refractivity contribution in [1.82, 2.24) is 14.5 Å². The number of piperazine rings is 1. The van der Waals surface area contributed by atoms with Gasteiger partial charge in [0.2, 0.25) is 10.0 Å². The smallest absolute Gasteiger partial charge is 0.406 e. The van der Waals surface area contributed by atoms with Crippen LogP contribution in [0, 0.1) is 0 Å². The summed E-state index contributed by atoms with van der Waals surface area (Å²) >= 11 is 1.40. The summed E-state index contributed by atoms with van der Waals surface area (Å²) in [5.74, 6) is -0.486. The fourth-order valence-corrected chi connectivity index (χ4v) is 4.68. The molecular weight excluding hydrogens is 443 g/mol. The fourth-order valence-electron chi connectivity index (χ4n) is 2.97. The van der Waals surface area contributed by atoms with Crippen molar-refractivity contribution in [1.29, 1.82) is 0 Å². The largest absolute Gasteiger partial charge is 0.573 e. The van der Waals surface area contributed by atoms with Crippen LogP contribution in [0.5, 0.6) is 5.75 Å². The third kappa shape index (κ3) is 6.17. The van der Waals surface area contributed by atoms with Gasteiger partial charge >= 0.3 is 6.36 Å². The molecule has 1 aliphatic heterocycles. The monoisotopic (exact) mass is 463 g/mol. The highest BCUT2D eigenvalue weighted by Crippen LogP contribution is 2.23. The zero-order chi connectivity index (χ0) is 21.8. The van der Waals surface area contributed by atoms with E-state index in [-0.39, 0.29) is 17.3 Å². The summed E-state index contributed by atoms with van der Waals surface area (Å²) in [6, 6.07) is 7.63. The van der Waals surface area contributed by atoms with Crippen LogP contribution in [0.3, 0.4) is 0 Å². The fraction of sp³-hybridized carbons (Fsp3) is 0.389. The molecule has 1 N–H and O–H groups in total. The summed E-state index contributed by atoms with van der Waals surface area (Å²) in [7, 11) is -3.85. The number of amides is 1. The van der Waals surface area contributed by atoms with Crippen LogP contribution < -0.4 is 9.46 Å². The maximum absolute atomic E-state index is 12.3. The molecule has 2 aromatic rings. The highest BCUT2D eigenvalue weighted by molar-refractivity contribution is 7.89. The lowest BCUT2D eigenvalue weighted by molar-refractivity contribution is -0.274. The maximum Gasteiger partial charge on any atom is 0.573 e. The second-order valence-corrected chi connectivity index (χ2v) is 9.24. The Morgan fingerprint density at radius 2 is 1.77 bits per heavy atom. The van der Waals surface area contributed by atoms with Gasteiger partial charge < -0.3 is 9.64 Å². The van der Waals surface area contributed by atoms with Crippen molar-refractivity contribution >= 4 is 27.3 Å². The summed E-state index contributed by atoms with van der Waals surface area (Å²) in [4.78, 5) is 16.7. The molecule has 3 rings (SSSR count). The number of hydrogen-bond acceptors (Lipinski definition) is 6. The molecule has 1 fully saturated rings. The van der Waals surface area contributed by atoms with Crippen LogP contribution in [0.2, 0.25) is 0 Å². The van der Waals surface area contributed by atoms with Gasteiger partial charge in [0, 0.05) is 39.3 Å². The quantitative estimate of drug-likeness (QED) is 0.682. The van der Waals surface area contributed by atoms with E-state index in [9.17, 15) is 26.4 Å². The number of nitrogens with zero attached hydrogens (tertiary/aromatic N) is 2. The standard InChI is InChI=1S/C18H20F3N3O4S2/c19-18(20,21)28-14-3-5-15(6-4-14)30(26,27)22-7-8-23-9-11-24(12-10-23)17(25)16-2-1-13-29-16/h1-6,13,22H,7-12H2. The Morgan fingerprint density at radius 1 is 1.10 bits per heavy atom. The first-order chi connectivity index (χ1) is 14.1. The molecule has 7 nitrogen and oxygen atoms in total. The van der Waals surface area contributed by atoms with E-state index < -0.39 is 22.1 Å². The molecule has 164 valence electrons. The Bertz CT molecular complexity index is 940. The molecule has 1 aromatic carbocycles. The Hall–Kier alpha value is -2.15. The number of nitrogens with one attached hydrogen (secondary N) is 1. The van der Waals surface area contributed by atoms with Gasteiger partial charge in [-0.3, -0.25) is 9.69 Å². The lowest BCUT2D eigenvalue weighted by Gasteiger charge is -2.34. The van der Waals surface area contributed by atoms with Gasteiger partial charge in [-0.15, -0.1) is 24.5 Å². The lowest BCUT2D eigenvalue weighted by atomic mass is 10.3. The van der Waals surface area contributed by atoms with E-state index in [1.165, 1.54) is 11.3 Å². The van der Waals surface area contributed by atoms with E-state index in [0.29, 0.717) is 37.6 Å². The van der Waals surface area contributed by atoms with Crippen molar-refractivity contribution in [2.75, 3.05) is 39.3 Å². The summed E-state index contributed by atoms with van der Waals surface area (Å²) in [6.45, 7) is 2.97. The van der Waals surface area contributed by atoms with Crippen molar-refractivity contribution in [2.24, 2.45) is 0 Å². The van der Waals surface area contributed by atoms with Crippen molar-refractivity contribution in [3.8, 4) is 5.75 Å². The van der Waals surface area contributed by atoms with Crippen LogP contribution in [-0.4, -0.2) is 69.8 Å². The molecule has 0 spiro atoms. The van der Waals surface area contributed by atoms with Gasteiger partial charge in [0.1, 0.15) is 5.75 Å². The third-order valence-corrected chi connectivity index (χ3v) is 6.81. The Balaban J connectivity index is 1.44. The van der Waals surface area contributed by atoms with Gasteiger partial charge in [0.05, 0.1) is 9.77 Å². The van der Waals surface area contributed by atoms with Gasteiger partial charge in [-0.05, 0) is 35.7 Å². The maximum atomic E-state index is 12.3. The predicted octanol–water partition coefficient (Wildman–Crippen LogP) is 2.38. The molecule has 1 aliphatic rings. The number of alkyl halides is 3. The molecule has 0 saturated carbocycles. The van der Waals surface area contributed by atoms with E-state index in [0.717, 1.165) is 24.3 Å². The van der Waals surface area contributed by atoms with E-state index in [4.69, 9.17) is 0 Å². The number of sulfonamides is 1.